The average Bonchev–Trinajstić information content (AvgIpc) is 2.82. The summed E-state index contributed by atoms with van der Waals surface area (Å²) in [6.45, 7) is 5.56. The van der Waals surface area contributed by atoms with Crippen molar-refractivity contribution in [3.63, 3.8) is 0 Å². The third-order valence-electron chi connectivity index (χ3n) is 4.49. The first-order valence-electron chi connectivity index (χ1n) is 9.98. The number of amides is 2. The molecule has 1 unspecified atom stereocenters. The number of carbonyl (C=O) groups excluding carboxylic acids is 2. The van der Waals surface area contributed by atoms with Gasteiger partial charge >= 0.3 is 12.1 Å². The molecule has 0 radical (unpaired) electrons. The van der Waals surface area contributed by atoms with Crippen LogP contribution in [0.5, 0.6) is 0 Å². The van der Waals surface area contributed by atoms with Crippen LogP contribution < -0.4 is 10.6 Å². The Bertz CT molecular complexity index is 1090. The zero-order valence-corrected chi connectivity index (χ0v) is 18.7. The number of hydrogen-bond donors (Lipinski definition) is 3. The van der Waals surface area contributed by atoms with Crippen LogP contribution in [0, 0.1) is 0 Å². The highest BCUT2D eigenvalue weighted by Gasteiger charge is 2.28. The number of alkyl carbamates (subject to hydrolysis) is 1. The molecule has 32 heavy (non-hydrogen) atoms. The van der Waals surface area contributed by atoms with Crippen molar-refractivity contribution >= 4 is 41.0 Å². The van der Waals surface area contributed by atoms with E-state index in [9.17, 15) is 19.5 Å². The Morgan fingerprint density at radius 2 is 1.97 bits per heavy atom. The van der Waals surface area contributed by atoms with E-state index in [-0.39, 0.29) is 6.54 Å². The predicted octanol–water partition coefficient (Wildman–Crippen LogP) is 4.00. The minimum atomic E-state index is -1.13. The highest BCUT2D eigenvalue weighted by molar-refractivity contribution is 6.32. The zero-order valence-electron chi connectivity index (χ0n) is 17.9. The zero-order chi connectivity index (χ0) is 23.5. The molecule has 0 saturated heterocycles. The molecule has 0 spiro atoms. The molecule has 9 heteroatoms. The monoisotopic (exact) mass is 457 g/mol. The van der Waals surface area contributed by atoms with Crippen LogP contribution in [0.2, 0.25) is 5.02 Å². The third kappa shape index (κ3) is 6.07. The lowest BCUT2D eigenvalue weighted by molar-refractivity contribution is -0.138. The molecular formula is C23H24ClN3O5. The van der Waals surface area contributed by atoms with Gasteiger partial charge in [-0.3, -0.25) is 14.6 Å². The van der Waals surface area contributed by atoms with Gasteiger partial charge in [0.1, 0.15) is 11.6 Å². The van der Waals surface area contributed by atoms with Gasteiger partial charge in [-0.2, -0.15) is 0 Å². The number of carboxylic acids is 1. The number of aliphatic imine (C=N–C) groups is 1. The molecule has 0 saturated carbocycles. The summed E-state index contributed by atoms with van der Waals surface area (Å²) in [7, 11) is 0. The number of aliphatic carboxylic acids is 1. The van der Waals surface area contributed by atoms with E-state index in [2.05, 4.69) is 15.6 Å². The Morgan fingerprint density at radius 1 is 1.22 bits per heavy atom. The molecule has 0 aliphatic carbocycles. The van der Waals surface area contributed by atoms with Gasteiger partial charge in [0.05, 0.1) is 17.8 Å². The second-order valence-electron chi connectivity index (χ2n) is 8.33. The molecule has 1 aliphatic rings. The first-order valence-corrected chi connectivity index (χ1v) is 10.4. The topological polar surface area (TPSA) is 117 Å². The number of anilines is 1. The second kappa shape index (κ2) is 9.40. The van der Waals surface area contributed by atoms with Crippen LogP contribution in [0.4, 0.5) is 10.5 Å². The summed E-state index contributed by atoms with van der Waals surface area (Å²) in [4.78, 5) is 40.3. The highest BCUT2D eigenvalue weighted by Crippen LogP contribution is 2.28. The van der Waals surface area contributed by atoms with Crippen molar-refractivity contribution in [2.45, 2.75) is 45.4 Å². The molecule has 3 rings (SSSR count). The summed E-state index contributed by atoms with van der Waals surface area (Å²) in [5, 5.41) is 15.1. The fourth-order valence-electron chi connectivity index (χ4n) is 3.17. The quantitative estimate of drug-likeness (QED) is 0.627. The van der Waals surface area contributed by atoms with Gasteiger partial charge in [-0.1, -0.05) is 29.8 Å². The van der Waals surface area contributed by atoms with Crippen LogP contribution in [0.15, 0.2) is 47.5 Å². The number of benzodiazepines with no additional fused rings is 1. The molecule has 1 atom stereocenters. The van der Waals surface area contributed by atoms with Gasteiger partial charge in [0, 0.05) is 22.7 Å². The third-order valence-corrected chi connectivity index (χ3v) is 4.72. The minimum Gasteiger partial charge on any atom is -0.481 e. The van der Waals surface area contributed by atoms with Crippen LogP contribution in [0.3, 0.4) is 0 Å². The Labute approximate surface area is 190 Å². The maximum absolute atomic E-state index is 12.6. The number of ether oxygens (including phenoxy) is 1. The van der Waals surface area contributed by atoms with Crippen LogP contribution in [0.25, 0.3) is 0 Å². The number of hydrogen-bond acceptors (Lipinski definition) is 5. The Morgan fingerprint density at radius 3 is 2.66 bits per heavy atom. The first kappa shape index (κ1) is 23.3. The second-order valence-corrected chi connectivity index (χ2v) is 8.76. The van der Waals surface area contributed by atoms with Gasteiger partial charge in [-0.05, 0) is 50.6 Å². The largest absolute Gasteiger partial charge is 0.481 e. The van der Waals surface area contributed by atoms with Gasteiger partial charge < -0.3 is 20.5 Å². The van der Waals surface area contributed by atoms with Gasteiger partial charge in [0.25, 0.3) is 0 Å². The van der Waals surface area contributed by atoms with Crippen molar-refractivity contribution in [1.29, 1.82) is 0 Å². The number of halogens is 1. The van der Waals surface area contributed by atoms with Crippen LogP contribution in [-0.4, -0.2) is 40.4 Å². The smallest absolute Gasteiger partial charge is 0.407 e. The number of benzene rings is 2. The van der Waals surface area contributed by atoms with E-state index in [1.54, 1.807) is 51.1 Å². The maximum Gasteiger partial charge on any atom is 0.407 e. The van der Waals surface area contributed by atoms with E-state index < -0.39 is 36.0 Å². The number of nitrogens with zero attached hydrogens (tertiary/aromatic N) is 1. The van der Waals surface area contributed by atoms with Crippen molar-refractivity contribution in [3.8, 4) is 0 Å². The molecule has 3 N–H and O–H groups in total. The Balaban J connectivity index is 1.96. The molecule has 0 fully saturated rings. The van der Waals surface area contributed by atoms with Crippen molar-refractivity contribution in [2.24, 2.45) is 4.99 Å². The maximum atomic E-state index is 12.6. The van der Waals surface area contributed by atoms with Crippen molar-refractivity contribution in [3.05, 3.63) is 64.2 Å². The van der Waals surface area contributed by atoms with Crippen molar-refractivity contribution in [1.82, 2.24) is 5.32 Å². The molecule has 2 amide bonds. The number of nitrogens with one attached hydrogen (secondary N) is 2. The Hall–Kier alpha value is -3.39. The summed E-state index contributed by atoms with van der Waals surface area (Å²) in [6, 6.07) is 11.1. The van der Waals surface area contributed by atoms with Gasteiger partial charge in [-0.15, -0.1) is 0 Å². The van der Waals surface area contributed by atoms with Gasteiger partial charge in [-0.25, -0.2) is 4.79 Å². The van der Waals surface area contributed by atoms with Crippen LogP contribution in [0.1, 0.15) is 43.9 Å². The number of fused-ring (bicyclic) bond motifs is 1. The molecular weight excluding hydrogens is 434 g/mol. The average molecular weight is 458 g/mol. The fraction of sp³-hybridized carbons (Fsp3) is 0.304. The molecule has 0 bridgehead atoms. The van der Waals surface area contributed by atoms with Gasteiger partial charge in [0.15, 0.2) is 0 Å². The summed E-state index contributed by atoms with van der Waals surface area (Å²) in [5.74, 6) is -1.64. The lowest BCUT2D eigenvalue weighted by Gasteiger charge is -2.19. The van der Waals surface area contributed by atoms with Crippen LogP contribution >= 0.6 is 11.6 Å². The van der Waals surface area contributed by atoms with E-state index in [1.165, 1.54) is 0 Å². The molecule has 1 heterocycles. The predicted molar refractivity (Wildman–Crippen MR) is 121 cm³/mol. The summed E-state index contributed by atoms with van der Waals surface area (Å²) in [6.07, 6.45) is -0.986. The number of carbonyl (C=O) groups is 3. The lowest BCUT2D eigenvalue weighted by atomic mass is 9.98. The van der Waals surface area contributed by atoms with Crippen molar-refractivity contribution in [2.75, 3.05) is 5.32 Å². The van der Waals surface area contributed by atoms with E-state index >= 15 is 0 Å². The minimum absolute atomic E-state index is 0.216. The summed E-state index contributed by atoms with van der Waals surface area (Å²) < 4.78 is 5.26. The highest BCUT2D eigenvalue weighted by atomic mass is 35.5. The van der Waals surface area contributed by atoms with Crippen LogP contribution in [-0.2, 0) is 20.9 Å². The van der Waals surface area contributed by atoms with Gasteiger partial charge in [0.2, 0.25) is 5.91 Å². The van der Waals surface area contributed by atoms with Crippen molar-refractivity contribution < 1.29 is 24.2 Å². The first-order chi connectivity index (χ1) is 15.0. The Kier molecular flexibility index (Phi) is 6.84. The fourth-order valence-corrected chi connectivity index (χ4v) is 3.34. The summed E-state index contributed by atoms with van der Waals surface area (Å²) >= 11 is 6.19. The normalized spacial score (nSPS) is 15.7. The van der Waals surface area contributed by atoms with E-state index in [1.807, 2.05) is 12.1 Å². The summed E-state index contributed by atoms with van der Waals surface area (Å²) in [5.41, 5.74) is 2.33. The molecule has 168 valence electrons. The number of carboxylic acid groups (broad SMARTS) is 1. The molecule has 2 aromatic carbocycles. The SMILES string of the molecule is CC(C)(C)OC(=O)NCc1cccc(C2=NC(CC(=O)O)C(=O)Nc3ccc(Cl)cc32)c1. The van der Waals surface area contributed by atoms with E-state index in [0.29, 0.717) is 27.5 Å². The van der Waals surface area contributed by atoms with E-state index in [4.69, 9.17) is 16.3 Å². The standard InChI is InChI=1S/C23H24ClN3O5/c1-23(2,3)32-22(31)25-12-13-5-4-6-14(9-13)20-16-10-15(24)7-8-17(16)27-21(30)18(26-20)11-19(28)29/h4-10,18H,11-12H2,1-3H3,(H,25,31)(H,27,30)(H,28,29). The molecule has 1 aliphatic heterocycles. The number of rotatable bonds is 5. The molecule has 0 aromatic heterocycles. The molecule has 8 nitrogen and oxygen atoms in total. The van der Waals surface area contributed by atoms with E-state index in [0.717, 1.165) is 5.56 Å². The molecule has 2 aromatic rings. The lowest BCUT2D eigenvalue weighted by Crippen LogP contribution is -2.32.